The Hall–Kier alpha value is -1.10. The summed E-state index contributed by atoms with van der Waals surface area (Å²) in [5, 5.41) is 26.0. The van der Waals surface area contributed by atoms with E-state index in [1.807, 2.05) is 0 Å². The molecule has 0 aliphatic rings. The summed E-state index contributed by atoms with van der Waals surface area (Å²) < 4.78 is 0. The van der Waals surface area contributed by atoms with Crippen LogP contribution in [0.2, 0.25) is 0 Å². The van der Waals surface area contributed by atoms with E-state index in [1.54, 1.807) is 6.92 Å². The third kappa shape index (κ3) is 5.19. The fourth-order valence-corrected chi connectivity index (χ4v) is 1.06. The second-order valence-electron chi connectivity index (χ2n) is 2.93. The van der Waals surface area contributed by atoms with Gasteiger partial charge in [-0.15, -0.1) is 0 Å². The average Bonchev–Trinajstić information content (AvgIpc) is 1.98. The number of aliphatic hydroxyl groups is 1. The van der Waals surface area contributed by atoms with E-state index in [0.29, 0.717) is 6.42 Å². The lowest BCUT2D eigenvalue weighted by Crippen LogP contribution is -2.22. The number of hydrogen-bond acceptors (Lipinski definition) is 3. The summed E-state index contributed by atoms with van der Waals surface area (Å²) >= 11 is 0. The van der Waals surface area contributed by atoms with Crippen molar-refractivity contribution in [2.45, 2.75) is 32.3 Å². The molecule has 0 aliphatic heterocycles. The summed E-state index contributed by atoms with van der Waals surface area (Å²) in [5.74, 6) is -2.77. The molecule has 0 aromatic carbocycles. The normalized spacial score (nSPS) is 14.9. The molecule has 2 unspecified atom stereocenters. The Bertz CT molecular complexity index is 189. The van der Waals surface area contributed by atoms with Crippen LogP contribution in [-0.4, -0.2) is 33.4 Å². The third-order valence-corrected chi connectivity index (χ3v) is 1.81. The predicted molar refractivity (Wildman–Crippen MR) is 44.3 cm³/mol. The Morgan fingerprint density at radius 1 is 1.31 bits per heavy atom. The van der Waals surface area contributed by atoms with Crippen LogP contribution in [0, 0.1) is 5.92 Å². The number of rotatable bonds is 6. The zero-order chi connectivity index (χ0) is 10.4. The molecule has 0 saturated heterocycles. The highest BCUT2D eigenvalue weighted by Crippen LogP contribution is 2.13. The van der Waals surface area contributed by atoms with Gasteiger partial charge < -0.3 is 15.3 Å². The molecule has 0 bridgehead atoms. The van der Waals surface area contributed by atoms with Gasteiger partial charge in [-0.1, -0.05) is 6.92 Å². The van der Waals surface area contributed by atoms with Crippen molar-refractivity contribution >= 4 is 11.9 Å². The molecular weight excluding hydrogens is 176 g/mol. The van der Waals surface area contributed by atoms with Crippen LogP contribution in [0.3, 0.4) is 0 Å². The second-order valence-corrected chi connectivity index (χ2v) is 2.93. The Kier molecular flexibility index (Phi) is 5.06. The van der Waals surface area contributed by atoms with E-state index in [9.17, 15) is 9.59 Å². The summed E-state index contributed by atoms with van der Waals surface area (Å²) in [4.78, 5) is 20.6. The minimum Gasteiger partial charge on any atom is -0.481 e. The van der Waals surface area contributed by atoms with Gasteiger partial charge in [-0.3, -0.25) is 9.59 Å². The van der Waals surface area contributed by atoms with Gasteiger partial charge in [0.15, 0.2) is 0 Å². The van der Waals surface area contributed by atoms with Gasteiger partial charge in [-0.05, 0) is 12.8 Å². The number of hydrogen-bond donors (Lipinski definition) is 3. The number of aliphatic hydroxyl groups excluding tert-OH is 1. The van der Waals surface area contributed by atoms with Gasteiger partial charge in [0.2, 0.25) is 0 Å². The molecule has 13 heavy (non-hydrogen) atoms. The van der Waals surface area contributed by atoms with Gasteiger partial charge in [0.05, 0.1) is 18.4 Å². The Morgan fingerprint density at radius 3 is 2.15 bits per heavy atom. The van der Waals surface area contributed by atoms with E-state index in [0.717, 1.165) is 0 Å². The maximum absolute atomic E-state index is 10.5. The van der Waals surface area contributed by atoms with Crippen molar-refractivity contribution in [2.24, 2.45) is 5.92 Å². The fraction of sp³-hybridized carbons (Fsp3) is 0.750. The maximum Gasteiger partial charge on any atom is 0.306 e. The van der Waals surface area contributed by atoms with E-state index in [-0.39, 0.29) is 6.42 Å². The Morgan fingerprint density at radius 2 is 1.85 bits per heavy atom. The fourth-order valence-electron chi connectivity index (χ4n) is 1.06. The highest BCUT2D eigenvalue weighted by atomic mass is 16.4. The molecule has 0 saturated carbocycles. The van der Waals surface area contributed by atoms with Crippen LogP contribution in [0.15, 0.2) is 0 Å². The maximum atomic E-state index is 10.5. The lowest BCUT2D eigenvalue weighted by atomic mass is 9.97. The molecule has 0 aromatic heterocycles. The topological polar surface area (TPSA) is 94.8 Å². The minimum atomic E-state index is -1.12. The highest BCUT2D eigenvalue weighted by molar-refractivity contribution is 5.70. The zero-order valence-electron chi connectivity index (χ0n) is 7.43. The first kappa shape index (κ1) is 11.9. The Balaban J connectivity index is 3.93. The lowest BCUT2D eigenvalue weighted by molar-refractivity contribution is -0.145. The molecule has 76 valence electrons. The first-order chi connectivity index (χ1) is 5.97. The van der Waals surface area contributed by atoms with Gasteiger partial charge in [0, 0.05) is 0 Å². The van der Waals surface area contributed by atoms with E-state index < -0.39 is 30.4 Å². The van der Waals surface area contributed by atoms with Crippen LogP contribution < -0.4 is 0 Å². The third-order valence-electron chi connectivity index (χ3n) is 1.81. The van der Waals surface area contributed by atoms with Gasteiger partial charge >= 0.3 is 11.9 Å². The summed E-state index contributed by atoms with van der Waals surface area (Å²) in [6.45, 7) is 1.69. The summed E-state index contributed by atoms with van der Waals surface area (Å²) in [6.07, 6.45) is -1.08. The first-order valence-corrected chi connectivity index (χ1v) is 4.10. The molecule has 0 aromatic rings. The van der Waals surface area contributed by atoms with Crippen molar-refractivity contribution in [2.75, 3.05) is 0 Å². The quantitative estimate of drug-likeness (QED) is 0.560. The van der Waals surface area contributed by atoms with Gasteiger partial charge in [0.25, 0.3) is 0 Å². The lowest BCUT2D eigenvalue weighted by Gasteiger charge is -2.13. The molecule has 0 radical (unpaired) electrons. The van der Waals surface area contributed by atoms with Crippen LogP contribution in [-0.2, 0) is 9.59 Å². The van der Waals surface area contributed by atoms with E-state index >= 15 is 0 Å². The highest BCUT2D eigenvalue weighted by Gasteiger charge is 2.20. The van der Waals surface area contributed by atoms with Crippen molar-refractivity contribution in [3.05, 3.63) is 0 Å². The van der Waals surface area contributed by atoms with E-state index in [4.69, 9.17) is 15.3 Å². The van der Waals surface area contributed by atoms with Gasteiger partial charge in [0.1, 0.15) is 0 Å². The molecule has 0 aliphatic carbocycles. The standard InChI is InChI=1S/C8H14O5/c1-2-5(8(12)13)3-6(9)4-7(10)11/h5-6,9H,2-4H2,1H3,(H,10,11)(H,12,13). The van der Waals surface area contributed by atoms with Crippen molar-refractivity contribution in [3.8, 4) is 0 Å². The van der Waals surface area contributed by atoms with Crippen LogP contribution in [0.5, 0.6) is 0 Å². The SMILES string of the molecule is CCC(CC(O)CC(=O)O)C(=O)O. The van der Waals surface area contributed by atoms with Crippen molar-refractivity contribution in [3.63, 3.8) is 0 Å². The molecule has 0 spiro atoms. The molecule has 3 N–H and O–H groups in total. The molecule has 0 fully saturated rings. The van der Waals surface area contributed by atoms with Crippen molar-refractivity contribution in [1.29, 1.82) is 0 Å². The molecule has 0 amide bonds. The smallest absolute Gasteiger partial charge is 0.306 e. The van der Waals surface area contributed by atoms with Crippen LogP contribution in [0.4, 0.5) is 0 Å². The van der Waals surface area contributed by atoms with Crippen LogP contribution in [0.25, 0.3) is 0 Å². The molecule has 5 heteroatoms. The predicted octanol–water partition coefficient (Wildman–Crippen LogP) is 0.323. The van der Waals surface area contributed by atoms with E-state index in [1.165, 1.54) is 0 Å². The van der Waals surface area contributed by atoms with Crippen molar-refractivity contribution in [1.82, 2.24) is 0 Å². The number of carboxylic acid groups (broad SMARTS) is 2. The first-order valence-electron chi connectivity index (χ1n) is 4.10. The second kappa shape index (κ2) is 5.53. The minimum absolute atomic E-state index is 0.00185. The summed E-state index contributed by atoms with van der Waals surface area (Å²) in [6, 6.07) is 0. The Labute approximate surface area is 76.0 Å². The largest absolute Gasteiger partial charge is 0.481 e. The van der Waals surface area contributed by atoms with Crippen LogP contribution in [0.1, 0.15) is 26.2 Å². The van der Waals surface area contributed by atoms with Gasteiger partial charge in [-0.2, -0.15) is 0 Å². The molecule has 2 atom stereocenters. The van der Waals surface area contributed by atoms with Gasteiger partial charge in [-0.25, -0.2) is 0 Å². The number of carbonyl (C=O) groups is 2. The van der Waals surface area contributed by atoms with Crippen molar-refractivity contribution < 1.29 is 24.9 Å². The molecule has 0 heterocycles. The monoisotopic (exact) mass is 190 g/mol. The summed E-state index contributed by atoms with van der Waals surface area (Å²) in [7, 11) is 0. The molecule has 0 rings (SSSR count). The molecular formula is C8H14O5. The zero-order valence-corrected chi connectivity index (χ0v) is 7.43. The summed E-state index contributed by atoms with van der Waals surface area (Å²) in [5.41, 5.74) is 0. The number of aliphatic carboxylic acids is 2. The van der Waals surface area contributed by atoms with Crippen LogP contribution >= 0.6 is 0 Å². The number of carboxylic acids is 2. The van der Waals surface area contributed by atoms with E-state index in [2.05, 4.69) is 0 Å². The average molecular weight is 190 g/mol. The molecule has 5 nitrogen and oxygen atoms in total.